The van der Waals surface area contributed by atoms with Crippen molar-refractivity contribution >= 4 is 22.5 Å². The summed E-state index contributed by atoms with van der Waals surface area (Å²) in [5.74, 6) is -0.0533. The van der Waals surface area contributed by atoms with Crippen molar-refractivity contribution in [2.75, 3.05) is 31.1 Å². The van der Waals surface area contributed by atoms with Crippen LogP contribution >= 0.6 is 0 Å². The maximum absolute atomic E-state index is 13.3. The van der Waals surface area contributed by atoms with E-state index in [1.165, 1.54) is 0 Å². The van der Waals surface area contributed by atoms with Crippen LogP contribution in [0.5, 0.6) is 0 Å². The first-order chi connectivity index (χ1) is 13.4. The highest BCUT2D eigenvalue weighted by atomic mass is 19.4. The van der Waals surface area contributed by atoms with Gasteiger partial charge in [-0.05, 0) is 18.2 Å². The zero-order valence-electron chi connectivity index (χ0n) is 15.0. The van der Waals surface area contributed by atoms with Gasteiger partial charge in [0.2, 0.25) is 5.52 Å². The third kappa shape index (κ3) is 3.52. The average molecular weight is 386 g/mol. The predicted octanol–water partition coefficient (Wildman–Crippen LogP) is 3.64. The lowest BCUT2D eigenvalue weighted by atomic mass is 10.1. The summed E-state index contributed by atoms with van der Waals surface area (Å²) >= 11 is 0. The Labute approximate surface area is 160 Å². The number of hydrogen-bond donors (Lipinski definition) is 0. The molecule has 1 aliphatic heterocycles. The quantitative estimate of drug-likeness (QED) is 0.675. The Balaban J connectivity index is 1.59. The van der Waals surface area contributed by atoms with Gasteiger partial charge in [0.05, 0.1) is 11.1 Å². The third-order valence-corrected chi connectivity index (χ3v) is 4.99. The van der Waals surface area contributed by atoms with Gasteiger partial charge >= 0.3 is 6.18 Å². The summed E-state index contributed by atoms with van der Waals surface area (Å²) in [6, 6.07) is 17.1. The number of hydrogen-bond acceptors (Lipinski definition) is 2. The highest BCUT2D eigenvalue weighted by Crippen LogP contribution is 2.33. The first-order valence-electron chi connectivity index (χ1n) is 9.05. The lowest BCUT2D eigenvalue weighted by Gasteiger charge is -2.36. The number of nitrogens with zero attached hydrogens (tertiary/aromatic N) is 2. The first-order valence-corrected chi connectivity index (χ1v) is 9.05. The van der Waals surface area contributed by atoms with Crippen LogP contribution < -0.4 is 9.88 Å². The zero-order valence-corrected chi connectivity index (χ0v) is 15.0. The molecular formula is C21H19F3N3O+. The van der Waals surface area contributed by atoms with Gasteiger partial charge in [-0.25, -0.2) is 4.98 Å². The van der Waals surface area contributed by atoms with Crippen molar-refractivity contribution in [1.82, 2.24) is 4.90 Å². The summed E-state index contributed by atoms with van der Waals surface area (Å²) in [5.41, 5.74) is 0.822. The molecule has 2 aromatic carbocycles. The van der Waals surface area contributed by atoms with Crippen LogP contribution in [0, 0.1) is 0 Å². The molecule has 2 heterocycles. The van der Waals surface area contributed by atoms with Gasteiger partial charge < -0.3 is 9.80 Å². The molecule has 28 heavy (non-hydrogen) atoms. The van der Waals surface area contributed by atoms with Crippen molar-refractivity contribution in [3.05, 3.63) is 71.9 Å². The smallest absolute Gasteiger partial charge is 0.367 e. The maximum atomic E-state index is 13.3. The van der Waals surface area contributed by atoms with Crippen molar-refractivity contribution in [2.45, 2.75) is 6.18 Å². The highest BCUT2D eigenvalue weighted by molar-refractivity contribution is 5.94. The predicted molar refractivity (Wildman–Crippen MR) is 100 cm³/mol. The second-order valence-electron chi connectivity index (χ2n) is 6.76. The lowest BCUT2D eigenvalue weighted by molar-refractivity contribution is -0.398. The molecule has 7 heteroatoms. The number of aromatic nitrogens is 1. The Bertz CT molecular complexity index is 997. The van der Waals surface area contributed by atoms with E-state index in [9.17, 15) is 18.0 Å². The van der Waals surface area contributed by atoms with Crippen LogP contribution in [0.1, 0.15) is 16.1 Å². The van der Waals surface area contributed by atoms with Crippen LogP contribution in [0.3, 0.4) is 0 Å². The molecule has 4 nitrogen and oxygen atoms in total. The van der Waals surface area contributed by atoms with Crippen LogP contribution in [0.15, 0.2) is 60.7 Å². The minimum Gasteiger partial charge on any atom is -0.367 e. The van der Waals surface area contributed by atoms with E-state index in [-0.39, 0.29) is 5.91 Å². The van der Waals surface area contributed by atoms with E-state index in [0.29, 0.717) is 42.9 Å². The second-order valence-corrected chi connectivity index (χ2v) is 6.76. The number of H-pyrrole nitrogens is 1. The number of alkyl halides is 3. The number of para-hydroxylation sites is 1. The van der Waals surface area contributed by atoms with Gasteiger partial charge in [0.25, 0.3) is 11.6 Å². The van der Waals surface area contributed by atoms with Crippen molar-refractivity contribution in [3.63, 3.8) is 0 Å². The molecule has 3 aromatic rings. The second kappa shape index (κ2) is 7.14. The van der Waals surface area contributed by atoms with E-state index >= 15 is 0 Å². The van der Waals surface area contributed by atoms with E-state index in [4.69, 9.17) is 0 Å². The number of nitrogens with one attached hydrogen (secondary N) is 1. The molecule has 0 bridgehead atoms. The molecule has 1 amide bonds. The molecule has 0 saturated carbocycles. The molecule has 144 valence electrons. The number of halogens is 3. The van der Waals surface area contributed by atoms with Crippen molar-refractivity contribution in [1.29, 1.82) is 0 Å². The van der Waals surface area contributed by atoms with Gasteiger partial charge in [0.1, 0.15) is 0 Å². The molecular weight excluding hydrogens is 367 g/mol. The van der Waals surface area contributed by atoms with Gasteiger partial charge in [0.15, 0.2) is 0 Å². The SMILES string of the molecule is O=C(c1ccccc1)N1CCN(c2cc(C(F)(F)F)[nH+]c3ccccc23)CC1. The Hall–Kier alpha value is -3.09. The van der Waals surface area contributed by atoms with Crippen molar-refractivity contribution < 1.29 is 22.9 Å². The number of carbonyl (C=O) groups is 1. The van der Waals surface area contributed by atoms with Crippen LogP contribution in [-0.4, -0.2) is 37.0 Å². The Morgan fingerprint density at radius 3 is 2.21 bits per heavy atom. The maximum Gasteiger partial charge on any atom is 0.477 e. The van der Waals surface area contributed by atoms with E-state index in [1.807, 2.05) is 35.2 Å². The molecule has 0 aliphatic carbocycles. The Morgan fingerprint density at radius 2 is 1.54 bits per heavy atom. The standard InChI is InChI=1S/C21H18F3N3O/c22-21(23,24)19-14-18(16-8-4-5-9-17(16)25-19)26-10-12-27(13-11-26)20(28)15-6-2-1-3-7-15/h1-9,14H,10-13H2/p+1. The first kappa shape index (κ1) is 18.3. The Kier molecular flexibility index (Phi) is 4.66. The number of pyridine rings is 1. The van der Waals surface area contributed by atoms with E-state index in [0.717, 1.165) is 11.5 Å². The van der Waals surface area contributed by atoms with Gasteiger partial charge in [-0.3, -0.25) is 4.79 Å². The molecule has 0 radical (unpaired) electrons. The van der Waals surface area contributed by atoms with Crippen LogP contribution in [-0.2, 0) is 6.18 Å². The number of anilines is 1. The Morgan fingerprint density at radius 1 is 0.893 bits per heavy atom. The number of aromatic amines is 1. The molecule has 0 unspecified atom stereocenters. The van der Waals surface area contributed by atoms with Gasteiger partial charge in [0, 0.05) is 43.9 Å². The summed E-state index contributed by atoms with van der Waals surface area (Å²) in [7, 11) is 0. The van der Waals surface area contributed by atoms with Gasteiger partial charge in [-0.2, -0.15) is 13.2 Å². The summed E-state index contributed by atoms with van der Waals surface area (Å²) in [5, 5.41) is 0.735. The van der Waals surface area contributed by atoms with Crippen molar-refractivity contribution in [3.8, 4) is 0 Å². The zero-order chi connectivity index (χ0) is 19.7. The molecule has 0 spiro atoms. The van der Waals surface area contributed by atoms with E-state index < -0.39 is 11.9 Å². The fourth-order valence-corrected chi connectivity index (χ4v) is 3.54. The van der Waals surface area contributed by atoms with E-state index in [2.05, 4.69) is 4.98 Å². The third-order valence-electron chi connectivity index (χ3n) is 4.99. The minimum atomic E-state index is -4.45. The van der Waals surface area contributed by atoms with Crippen LogP contribution in [0.25, 0.3) is 10.9 Å². The summed E-state index contributed by atoms with van der Waals surface area (Å²) in [4.78, 5) is 18.7. The average Bonchev–Trinajstić information content (AvgIpc) is 2.72. The molecule has 4 rings (SSSR count). The fourth-order valence-electron chi connectivity index (χ4n) is 3.54. The molecule has 1 N–H and O–H groups in total. The number of piperazine rings is 1. The summed E-state index contributed by atoms with van der Waals surface area (Å²) in [6.07, 6.45) is -4.45. The highest BCUT2D eigenvalue weighted by Gasteiger charge is 2.39. The van der Waals surface area contributed by atoms with Crippen LogP contribution in [0.4, 0.5) is 18.9 Å². The summed E-state index contributed by atoms with van der Waals surface area (Å²) < 4.78 is 39.9. The van der Waals surface area contributed by atoms with Gasteiger partial charge in [-0.15, -0.1) is 0 Å². The number of carbonyl (C=O) groups excluding carboxylic acids is 1. The van der Waals surface area contributed by atoms with Crippen LogP contribution in [0.2, 0.25) is 0 Å². The molecule has 0 atom stereocenters. The number of rotatable bonds is 2. The number of amides is 1. The number of benzene rings is 2. The molecule has 1 aromatic heterocycles. The summed E-state index contributed by atoms with van der Waals surface area (Å²) in [6.45, 7) is 1.87. The molecule has 1 saturated heterocycles. The molecule has 1 aliphatic rings. The topological polar surface area (TPSA) is 37.7 Å². The van der Waals surface area contributed by atoms with Gasteiger partial charge in [-0.1, -0.05) is 30.3 Å². The largest absolute Gasteiger partial charge is 0.477 e. The fraction of sp³-hybridized carbons (Fsp3) is 0.238. The normalized spacial score (nSPS) is 15.1. The van der Waals surface area contributed by atoms with E-state index in [1.54, 1.807) is 29.2 Å². The molecule has 1 fully saturated rings. The van der Waals surface area contributed by atoms with Crippen molar-refractivity contribution in [2.24, 2.45) is 0 Å². The monoisotopic (exact) mass is 386 g/mol. The minimum absolute atomic E-state index is 0.0533. The lowest BCUT2D eigenvalue weighted by Crippen LogP contribution is -2.49. The number of fused-ring (bicyclic) bond motifs is 1.